The van der Waals surface area contributed by atoms with E-state index < -0.39 is 5.60 Å². The molecule has 116 valence electrons. The number of tetrazole rings is 1. The number of nitrogens with zero attached hydrogens (tertiary/aromatic N) is 4. The Bertz CT molecular complexity index is 635. The van der Waals surface area contributed by atoms with Crippen molar-refractivity contribution in [1.82, 2.24) is 25.5 Å². The van der Waals surface area contributed by atoms with Crippen molar-refractivity contribution in [3.8, 4) is 5.69 Å². The fourth-order valence-electron chi connectivity index (χ4n) is 2.86. The van der Waals surface area contributed by atoms with Gasteiger partial charge in [-0.3, -0.25) is 4.79 Å². The minimum Gasteiger partial charge on any atom is -0.388 e. The highest BCUT2D eigenvalue weighted by atomic mass is 16.3. The summed E-state index contributed by atoms with van der Waals surface area (Å²) in [6.07, 6.45) is 6.09. The third-order valence-corrected chi connectivity index (χ3v) is 4.11. The third-order valence-electron chi connectivity index (χ3n) is 4.11. The first-order valence-corrected chi connectivity index (χ1v) is 7.51. The molecule has 0 spiro atoms. The molecule has 2 aromatic rings. The molecule has 1 aliphatic carbocycles. The third kappa shape index (κ3) is 3.14. The topological polar surface area (TPSA) is 92.9 Å². The van der Waals surface area contributed by atoms with Crippen molar-refractivity contribution in [2.75, 3.05) is 6.54 Å². The molecule has 0 saturated heterocycles. The van der Waals surface area contributed by atoms with Gasteiger partial charge in [0.2, 0.25) is 0 Å². The zero-order valence-corrected chi connectivity index (χ0v) is 12.3. The Hall–Kier alpha value is -2.28. The van der Waals surface area contributed by atoms with E-state index >= 15 is 0 Å². The van der Waals surface area contributed by atoms with Crippen molar-refractivity contribution >= 4 is 5.91 Å². The lowest BCUT2D eigenvalue weighted by atomic mass is 9.85. The van der Waals surface area contributed by atoms with Gasteiger partial charge in [-0.15, -0.1) is 5.10 Å². The Morgan fingerprint density at radius 3 is 2.77 bits per heavy atom. The molecule has 3 rings (SSSR count). The molecule has 1 fully saturated rings. The van der Waals surface area contributed by atoms with Crippen molar-refractivity contribution in [2.45, 2.75) is 37.7 Å². The summed E-state index contributed by atoms with van der Waals surface area (Å²) in [6.45, 7) is 0.274. The molecule has 1 amide bonds. The van der Waals surface area contributed by atoms with Gasteiger partial charge in [-0.25, -0.2) is 0 Å². The van der Waals surface area contributed by atoms with Gasteiger partial charge in [0.05, 0.1) is 16.9 Å². The second-order valence-corrected chi connectivity index (χ2v) is 5.74. The summed E-state index contributed by atoms with van der Waals surface area (Å²) in [7, 11) is 0. The van der Waals surface area contributed by atoms with Crippen LogP contribution in [-0.2, 0) is 0 Å². The van der Waals surface area contributed by atoms with Crippen LogP contribution in [0.2, 0.25) is 0 Å². The average molecular weight is 301 g/mol. The van der Waals surface area contributed by atoms with E-state index in [1.807, 2.05) is 6.07 Å². The number of hydrogen-bond acceptors (Lipinski definition) is 5. The van der Waals surface area contributed by atoms with Crippen LogP contribution in [0.4, 0.5) is 0 Å². The van der Waals surface area contributed by atoms with E-state index in [9.17, 15) is 9.90 Å². The van der Waals surface area contributed by atoms with Crippen LogP contribution in [0.15, 0.2) is 30.6 Å². The zero-order valence-electron chi connectivity index (χ0n) is 12.3. The summed E-state index contributed by atoms with van der Waals surface area (Å²) < 4.78 is 1.45. The first-order chi connectivity index (χ1) is 10.7. The second kappa shape index (κ2) is 6.23. The summed E-state index contributed by atoms with van der Waals surface area (Å²) in [5, 5.41) is 24.3. The van der Waals surface area contributed by atoms with E-state index in [1.165, 1.54) is 11.0 Å². The highest BCUT2D eigenvalue weighted by Gasteiger charge is 2.29. The van der Waals surface area contributed by atoms with Gasteiger partial charge in [-0.1, -0.05) is 31.4 Å². The van der Waals surface area contributed by atoms with Crippen LogP contribution >= 0.6 is 0 Å². The molecule has 0 unspecified atom stereocenters. The normalized spacial score (nSPS) is 17.1. The summed E-state index contributed by atoms with van der Waals surface area (Å²) in [5.74, 6) is -0.231. The fourth-order valence-corrected chi connectivity index (χ4v) is 2.86. The number of carbonyl (C=O) groups excluding carboxylic acids is 1. The standard InChI is InChI=1S/C15H19N5O2/c21-14(16-10-15(22)8-4-1-5-9-15)12-6-2-3-7-13(12)20-11-17-18-19-20/h2-3,6-7,11,22H,1,4-5,8-10H2,(H,16,21). The molecule has 1 aromatic carbocycles. The maximum absolute atomic E-state index is 12.4. The van der Waals surface area contributed by atoms with Crippen LogP contribution < -0.4 is 5.32 Å². The molecule has 0 radical (unpaired) electrons. The van der Waals surface area contributed by atoms with E-state index in [-0.39, 0.29) is 12.5 Å². The molecule has 0 atom stereocenters. The smallest absolute Gasteiger partial charge is 0.253 e. The summed E-state index contributed by atoms with van der Waals surface area (Å²) in [6, 6.07) is 7.11. The maximum Gasteiger partial charge on any atom is 0.253 e. The number of aliphatic hydroxyl groups is 1. The molecule has 1 heterocycles. The highest BCUT2D eigenvalue weighted by molar-refractivity contribution is 5.97. The molecule has 2 N–H and O–H groups in total. The van der Waals surface area contributed by atoms with Gasteiger partial charge in [0, 0.05) is 6.54 Å². The molecule has 1 aromatic heterocycles. The van der Waals surface area contributed by atoms with Crippen LogP contribution in [0.5, 0.6) is 0 Å². The van der Waals surface area contributed by atoms with E-state index in [2.05, 4.69) is 20.8 Å². The average Bonchev–Trinajstić information content (AvgIpc) is 3.08. The Labute approximate surface area is 128 Å². The molecule has 22 heavy (non-hydrogen) atoms. The Morgan fingerprint density at radius 1 is 1.27 bits per heavy atom. The summed E-state index contributed by atoms with van der Waals surface area (Å²) in [5.41, 5.74) is 0.312. The van der Waals surface area contributed by atoms with E-state index in [0.717, 1.165) is 32.1 Å². The van der Waals surface area contributed by atoms with Gasteiger partial charge in [0.25, 0.3) is 5.91 Å². The van der Waals surface area contributed by atoms with Crippen molar-refractivity contribution < 1.29 is 9.90 Å². The van der Waals surface area contributed by atoms with Gasteiger partial charge < -0.3 is 10.4 Å². The molecule has 0 aliphatic heterocycles. The van der Waals surface area contributed by atoms with E-state index in [0.29, 0.717) is 11.3 Å². The van der Waals surface area contributed by atoms with Crippen LogP contribution in [0.25, 0.3) is 5.69 Å². The Morgan fingerprint density at radius 2 is 2.05 bits per heavy atom. The monoisotopic (exact) mass is 301 g/mol. The Kier molecular flexibility index (Phi) is 4.15. The first kappa shape index (κ1) is 14.6. The summed E-state index contributed by atoms with van der Waals surface area (Å²) in [4.78, 5) is 12.4. The molecular formula is C15H19N5O2. The minimum absolute atomic E-state index is 0.231. The maximum atomic E-state index is 12.4. The number of amides is 1. The summed E-state index contributed by atoms with van der Waals surface area (Å²) >= 11 is 0. The van der Waals surface area contributed by atoms with Crippen LogP contribution in [0, 0.1) is 0 Å². The van der Waals surface area contributed by atoms with Gasteiger partial charge in [-0.05, 0) is 35.4 Å². The van der Waals surface area contributed by atoms with Crippen molar-refractivity contribution in [1.29, 1.82) is 0 Å². The highest BCUT2D eigenvalue weighted by Crippen LogP contribution is 2.27. The van der Waals surface area contributed by atoms with E-state index in [4.69, 9.17) is 0 Å². The lowest BCUT2D eigenvalue weighted by molar-refractivity contribution is 0.00525. The number of benzene rings is 1. The van der Waals surface area contributed by atoms with Gasteiger partial charge in [-0.2, -0.15) is 4.68 Å². The zero-order chi connectivity index (χ0) is 15.4. The number of carbonyl (C=O) groups is 1. The molecule has 7 nitrogen and oxygen atoms in total. The predicted molar refractivity (Wildman–Crippen MR) is 79.5 cm³/mol. The Balaban J connectivity index is 1.73. The number of aromatic nitrogens is 4. The molecule has 1 aliphatic rings. The fraction of sp³-hybridized carbons (Fsp3) is 0.467. The number of hydrogen-bond donors (Lipinski definition) is 2. The molecule has 1 saturated carbocycles. The molecule has 0 bridgehead atoms. The van der Waals surface area contributed by atoms with Crippen molar-refractivity contribution in [3.05, 3.63) is 36.2 Å². The molecular weight excluding hydrogens is 282 g/mol. The number of nitrogens with one attached hydrogen (secondary N) is 1. The number of para-hydroxylation sites is 1. The minimum atomic E-state index is -0.780. The second-order valence-electron chi connectivity index (χ2n) is 5.74. The number of rotatable bonds is 4. The SMILES string of the molecule is O=C(NCC1(O)CCCCC1)c1ccccc1-n1cnnn1. The van der Waals surface area contributed by atoms with Crippen LogP contribution in [0.1, 0.15) is 42.5 Å². The largest absolute Gasteiger partial charge is 0.388 e. The quantitative estimate of drug-likeness (QED) is 0.881. The van der Waals surface area contributed by atoms with Crippen molar-refractivity contribution in [3.63, 3.8) is 0 Å². The van der Waals surface area contributed by atoms with Crippen LogP contribution in [0.3, 0.4) is 0 Å². The predicted octanol–water partition coefficient (Wildman–Crippen LogP) is 1.09. The van der Waals surface area contributed by atoms with E-state index in [1.54, 1.807) is 18.2 Å². The van der Waals surface area contributed by atoms with Crippen LogP contribution in [-0.4, -0.2) is 43.4 Å². The van der Waals surface area contributed by atoms with Gasteiger partial charge >= 0.3 is 0 Å². The van der Waals surface area contributed by atoms with Gasteiger partial charge in [0.15, 0.2) is 0 Å². The lowest BCUT2D eigenvalue weighted by Gasteiger charge is -2.32. The molecule has 7 heteroatoms. The van der Waals surface area contributed by atoms with Crippen molar-refractivity contribution in [2.24, 2.45) is 0 Å². The lowest BCUT2D eigenvalue weighted by Crippen LogP contribution is -2.44. The first-order valence-electron chi connectivity index (χ1n) is 7.51. The van der Waals surface area contributed by atoms with Gasteiger partial charge in [0.1, 0.15) is 6.33 Å².